The van der Waals surface area contributed by atoms with Crippen LogP contribution in [0.3, 0.4) is 0 Å². The lowest BCUT2D eigenvalue weighted by atomic mass is 9.94. The molecule has 0 bridgehead atoms. The van der Waals surface area contributed by atoms with Crippen molar-refractivity contribution in [1.29, 1.82) is 0 Å². The van der Waals surface area contributed by atoms with Crippen LogP contribution in [-0.2, 0) is 0 Å². The van der Waals surface area contributed by atoms with Gasteiger partial charge in [0.25, 0.3) is 0 Å². The second-order valence-electron chi connectivity index (χ2n) is 7.37. The maximum Gasteiger partial charge on any atom is 0.125 e. The highest BCUT2D eigenvalue weighted by Gasteiger charge is 2.33. The molecular formula is C26H22N2O2. The van der Waals surface area contributed by atoms with E-state index in [0.29, 0.717) is 6.42 Å². The van der Waals surface area contributed by atoms with Crippen LogP contribution in [0.5, 0.6) is 11.5 Å². The normalized spacial score (nSPS) is 16.0. The fourth-order valence-corrected chi connectivity index (χ4v) is 4.23. The molecule has 5 rings (SSSR count). The number of hydrogen-bond donors (Lipinski definition) is 1. The molecule has 0 radical (unpaired) electrons. The third-order valence-electron chi connectivity index (χ3n) is 5.62. The zero-order chi connectivity index (χ0) is 20.5. The number of phenols is 1. The van der Waals surface area contributed by atoms with E-state index >= 15 is 0 Å². The van der Waals surface area contributed by atoms with Crippen LogP contribution in [0.15, 0.2) is 96.1 Å². The number of methoxy groups -OCH3 is 1. The topological polar surface area (TPSA) is 45.1 Å². The number of hydrogen-bond acceptors (Lipinski definition) is 4. The Bertz CT molecular complexity index is 1230. The van der Waals surface area contributed by atoms with Gasteiger partial charge >= 0.3 is 0 Å². The van der Waals surface area contributed by atoms with Crippen molar-refractivity contribution in [2.75, 3.05) is 12.1 Å². The number of benzene rings is 4. The van der Waals surface area contributed by atoms with Gasteiger partial charge in [-0.25, -0.2) is 0 Å². The zero-order valence-corrected chi connectivity index (χ0v) is 16.7. The van der Waals surface area contributed by atoms with Crippen molar-refractivity contribution in [3.8, 4) is 11.5 Å². The first-order chi connectivity index (χ1) is 14.8. The number of fused-ring (bicyclic) bond motifs is 1. The van der Waals surface area contributed by atoms with Crippen LogP contribution in [0.2, 0.25) is 0 Å². The molecule has 1 N–H and O–H groups in total. The fraction of sp³-hybridized carbons (Fsp3) is 0.115. The van der Waals surface area contributed by atoms with Crippen molar-refractivity contribution >= 4 is 22.2 Å². The first-order valence-electron chi connectivity index (χ1n) is 10.0. The molecule has 0 aliphatic carbocycles. The molecule has 1 aliphatic rings. The lowest BCUT2D eigenvalue weighted by molar-refractivity contribution is 0.405. The van der Waals surface area contributed by atoms with Crippen LogP contribution >= 0.6 is 0 Å². The lowest BCUT2D eigenvalue weighted by Gasteiger charge is -2.25. The van der Waals surface area contributed by atoms with Gasteiger partial charge in [-0.3, -0.25) is 5.01 Å². The molecule has 4 heteroatoms. The number of nitrogens with zero attached hydrogens (tertiary/aromatic N) is 2. The fourth-order valence-electron chi connectivity index (χ4n) is 4.23. The second-order valence-corrected chi connectivity index (χ2v) is 7.37. The van der Waals surface area contributed by atoms with Gasteiger partial charge in [0.1, 0.15) is 11.5 Å². The molecule has 0 amide bonds. The summed E-state index contributed by atoms with van der Waals surface area (Å²) in [6.07, 6.45) is 0.664. The maximum atomic E-state index is 10.8. The van der Waals surface area contributed by atoms with Gasteiger partial charge in [-0.05, 0) is 35.0 Å². The summed E-state index contributed by atoms with van der Waals surface area (Å²) in [6, 6.07) is 29.9. The van der Waals surface area contributed by atoms with Gasteiger partial charge in [-0.15, -0.1) is 0 Å². The first-order valence-corrected chi connectivity index (χ1v) is 10.0. The minimum atomic E-state index is -0.0306. The Morgan fingerprint density at radius 1 is 0.867 bits per heavy atom. The summed E-state index contributed by atoms with van der Waals surface area (Å²) in [4.78, 5) is 0. The summed E-state index contributed by atoms with van der Waals surface area (Å²) >= 11 is 0. The van der Waals surface area contributed by atoms with E-state index in [2.05, 4.69) is 24.3 Å². The Balaban J connectivity index is 1.68. The molecular weight excluding hydrogens is 372 g/mol. The molecule has 4 nitrogen and oxygen atoms in total. The van der Waals surface area contributed by atoms with Gasteiger partial charge in [0.15, 0.2) is 0 Å². The predicted octanol–water partition coefficient (Wildman–Crippen LogP) is 5.91. The van der Waals surface area contributed by atoms with E-state index in [0.717, 1.165) is 39.0 Å². The molecule has 30 heavy (non-hydrogen) atoms. The predicted molar refractivity (Wildman–Crippen MR) is 121 cm³/mol. The monoisotopic (exact) mass is 394 g/mol. The lowest BCUT2D eigenvalue weighted by Crippen LogP contribution is -2.19. The molecule has 4 aromatic rings. The van der Waals surface area contributed by atoms with Gasteiger partial charge < -0.3 is 9.84 Å². The smallest absolute Gasteiger partial charge is 0.125 e. The minimum Gasteiger partial charge on any atom is -0.507 e. The van der Waals surface area contributed by atoms with Crippen LogP contribution in [0.4, 0.5) is 5.69 Å². The van der Waals surface area contributed by atoms with Gasteiger partial charge in [0.2, 0.25) is 0 Å². The van der Waals surface area contributed by atoms with Crippen LogP contribution < -0.4 is 9.75 Å². The van der Waals surface area contributed by atoms with Gasteiger partial charge in [0.05, 0.1) is 24.6 Å². The van der Waals surface area contributed by atoms with Crippen molar-refractivity contribution in [1.82, 2.24) is 0 Å². The molecule has 0 saturated heterocycles. The van der Waals surface area contributed by atoms with E-state index in [4.69, 9.17) is 9.84 Å². The molecule has 1 aliphatic heterocycles. The van der Waals surface area contributed by atoms with Crippen molar-refractivity contribution in [3.63, 3.8) is 0 Å². The summed E-state index contributed by atoms with van der Waals surface area (Å²) in [5.74, 6) is 1.09. The van der Waals surface area contributed by atoms with E-state index in [-0.39, 0.29) is 11.8 Å². The molecule has 0 saturated carbocycles. The van der Waals surface area contributed by atoms with Gasteiger partial charge in [-0.1, -0.05) is 66.7 Å². The number of aromatic hydroxyl groups is 1. The van der Waals surface area contributed by atoms with Crippen molar-refractivity contribution in [2.45, 2.75) is 12.5 Å². The van der Waals surface area contributed by atoms with Gasteiger partial charge in [-0.2, -0.15) is 5.10 Å². The maximum absolute atomic E-state index is 10.8. The standard InChI is InChI=1S/C26H22N2O2/c1-30-25-14-8-7-13-21(25)23-17-22(27-28(23)19-10-3-2-4-11-19)26-20-12-6-5-9-18(20)15-16-24(26)29/h2-16,23,29H,17H2,1H3. The van der Waals surface area contributed by atoms with Crippen molar-refractivity contribution in [3.05, 3.63) is 102 Å². The highest BCUT2D eigenvalue weighted by molar-refractivity contribution is 6.14. The third-order valence-corrected chi connectivity index (χ3v) is 5.62. The molecule has 4 aromatic carbocycles. The number of rotatable bonds is 4. The van der Waals surface area contributed by atoms with Crippen LogP contribution in [0.1, 0.15) is 23.6 Å². The van der Waals surface area contributed by atoms with E-state index in [1.165, 1.54) is 0 Å². The highest BCUT2D eigenvalue weighted by Crippen LogP contribution is 2.42. The number of para-hydroxylation sites is 2. The van der Waals surface area contributed by atoms with E-state index in [9.17, 15) is 5.11 Å². The average Bonchev–Trinajstić information content (AvgIpc) is 3.24. The molecule has 1 atom stereocenters. The number of ether oxygens (including phenoxy) is 1. The first kappa shape index (κ1) is 18.3. The summed E-state index contributed by atoms with van der Waals surface area (Å²) in [5, 5.41) is 19.9. The van der Waals surface area contributed by atoms with Crippen LogP contribution in [-0.4, -0.2) is 17.9 Å². The molecule has 0 spiro atoms. The van der Waals surface area contributed by atoms with E-state index in [1.807, 2.05) is 65.7 Å². The largest absolute Gasteiger partial charge is 0.507 e. The molecule has 1 unspecified atom stereocenters. The number of hydrazone groups is 1. The van der Waals surface area contributed by atoms with E-state index in [1.54, 1.807) is 13.2 Å². The van der Waals surface area contributed by atoms with Crippen LogP contribution in [0, 0.1) is 0 Å². The minimum absolute atomic E-state index is 0.0306. The summed E-state index contributed by atoms with van der Waals surface area (Å²) < 4.78 is 5.65. The van der Waals surface area contributed by atoms with Crippen LogP contribution in [0.25, 0.3) is 10.8 Å². The Kier molecular flexibility index (Phi) is 4.60. The molecule has 0 aromatic heterocycles. The highest BCUT2D eigenvalue weighted by atomic mass is 16.5. The Morgan fingerprint density at radius 2 is 1.60 bits per heavy atom. The van der Waals surface area contributed by atoms with Crippen molar-refractivity contribution < 1.29 is 9.84 Å². The Morgan fingerprint density at radius 3 is 2.43 bits per heavy atom. The Labute approximate surface area is 175 Å². The quantitative estimate of drug-likeness (QED) is 0.468. The summed E-state index contributed by atoms with van der Waals surface area (Å²) in [7, 11) is 1.69. The number of anilines is 1. The SMILES string of the molecule is COc1ccccc1C1CC(c2c(O)ccc3ccccc23)=NN1c1ccccc1. The third kappa shape index (κ3) is 3.07. The second kappa shape index (κ2) is 7.56. The number of phenolic OH excluding ortho intramolecular Hbond substituents is 1. The molecule has 148 valence electrons. The molecule has 1 heterocycles. The molecule has 0 fully saturated rings. The van der Waals surface area contributed by atoms with Crippen molar-refractivity contribution in [2.24, 2.45) is 5.10 Å². The average molecular weight is 394 g/mol. The van der Waals surface area contributed by atoms with E-state index < -0.39 is 0 Å². The Hall–Kier alpha value is -3.79. The van der Waals surface area contributed by atoms with Gasteiger partial charge in [0, 0.05) is 17.5 Å². The zero-order valence-electron chi connectivity index (χ0n) is 16.7. The summed E-state index contributed by atoms with van der Waals surface area (Å²) in [6.45, 7) is 0. The summed E-state index contributed by atoms with van der Waals surface area (Å²) in [5.41, 5.74) is 3.74.